The standard InChI is InChI=1S/C20H18N6O3S2/c1-12(18-22-23-19(29-18)13-4-6-15(7-5-13)26(27)28)31-20-24-21-17(25(20)14-8-9-14)11-16-3-2-10-30-16/h2-7,10,12,14H,8-9,11H2,1H3/t12-/m1/s1. The first kappa shape index (κ1) is 19.9. The molecule has 0 radical (unpaired) electrons. The van der Waals surface area contributed by atoms with Crippen LogP contribution in [-0.2, 0) is 6.42 Å². The van der Waals surface area contributed by atoms with E-state index in [1.807, 2.05) is 13.0 Å². The molecule has 1 saturated carbocycles. The van der Waals surface area contributed by atoms with Crippen LogP contribution in [0, 0.1) is 10.1 Å². The summed E-state index contributed by atoms with van der Waals surface area (Å²) in [4.78, 5) is 11.7. The SMILES string of the molecule is C[C@@H](Sc1nnc(Cc2cccs2)n1C1CC1)c1nnc(-c2ccc([N+](=O)[O-])cc2)o1. The molecule has 0 amide bonds. The lowest BCUT2D eigenvalue weighted by Crippen LogP contribution is -2.04. The maximum atomic E-state index is 10.8. The summed E-state index contributed by atoms with van der Waals surface area (Å²) in [5.74, 6) is 1.79. The van der Waals surface area contributed by atoms with Crippen molar-refractivity contribution in [2.45, 2.75) is 42.6 Å². The van der Waals surface area contributed by atoms with Crippen molar-refractivity contribution in [3.05, 3.63) is 68.5 Å². The molecule has 0 unspecified atom stereocenters. The first-order valence-corrected chi connectivity index (χ1v) is 11.6. The number of benzene rings is 1. The van der Waals surface area contributed by atoms with Crippen LogP contribution in [0.4, 0.5) is 5.69 Å². The third-order valence-electron chi connectivity index (χ3n) is 4.96. The predicted octanol–water partition coefficient (Wildman–Crippen LogP) is 5.08. The van der Waals surface area contributed by atoms with E-state index in [0.29, 0.717) is 23.4 Å². The average molecular weight is 455 g/mol. The highest BCUT2D eigenvalue weighted by Crippen LogP contribution is 2.42. The molecule has 0 N–H and O–H groups in total. The fourth-order valence-electron chi connectivity index (χ4n) is 3.23. The number of thioether (sulfide) groups is 1. The molecule has 1 aliphatic carbocycles. The Labute approximate surface area is 185 Å². The Hall–Kier alpha value is -3.05. The van der Waals surface area contributed by atoms with E-state index in [4.69, 9.17) is 4.42 Å². The molecule has 1 fully saturated rings. The van der Waals surface area contributed by atoms with Crippen molar-refractivity contribution < 1.29 is 9.34 Å². The summed E-state index contributed by atoms with van der Waals surface area (Å²) in [6.07, 6.45) is 3.06. The molecule has 11 heteroatoms. The molecular weight excluding hydrogens is 436 g/mol. The van der Waals surface area contributed by atoms with Crippen LogP contribution >= 0.6 is 23.1 Å². The third kappa shape index (κ3) is 4.23. The van der Waals surface area contributed by atoms with Crippen LogP contribution in [0.25, 0.3) is 11.5 Å². The highest BCUT2D eigenvalue weighted by molar-refractivity contribution is 7.99. The minimum atomic E-state index is -0.440. The fourth-order valence-corrected chi connectivity index (χ4v) is 4.90. The van der Waals surface area contributed by atoms with Gasteiger partial charge in [0.1, 0.15) is 5.82 Å². The average Bonchev–Trinajstić information content (AvgIpc) is 3.16. The zero-order valence-electron chi connectivity index (χ0n) is 16.5. The van der Waals surface area contributed by atoms with Gasteiger partial charge in [-0.05, 0) is 43.3 Å². The Balaban J connectivity index is 1.33. The minimum Gasteiger partial charge on any atom is -0.419 e. The molecule has 0 bridgehead atoms. The molecule has 1 aliphatic rings. The summed E-state index contributed by atoms with van der Waals surface area (Å²) >= 11 is 3.27. The molecule has 0 saturated heterocycles. The van der Waals surface area contributed by atoms with E-state index in [1.54, 1.807) is 35.2 Å². The predicted molar refractivity (Wildman–Crippen MR) is 116 cm³/mol. The zero-order valence-corrected chi connectivity index (χ0v) is 18.2. The molecule has 31 heavy (non-hydrogen) atoms. The minimum absolute atomic E-state index is 0.0187. The van der Waals surface area contributed by atoms with E-state index < -0.39 is 4.92 Å². The molecule has 158 valence electrons. The van der Waals surface area contributed by atoms with Crippen LogP contribution < -0.4 is 0 Å². The van der Waals surface area contributed by atoms with E-state index in [2.05, 4.69) is 36.4 Å². The van der Waals surface area contributed by atoms with Crippen molar-refractivity contribution in [1.82, 2.24) is 25.0 Å². The number of nitro groups is 1. The molecule has 0 aliphatic heterocycles. The van der Waals surface area contributed by atoms with Gasteiger partial charge in [0.05, 0.1) is 10.2 Å². The maximum Gasteiger partial charge on any atom is 0.269 e. The van der Waals surface area contributed by atoms with E-state index in [-0.39, 0.29) is 10.9 Å². The Morgan fingerprint density at radius 2 is 2.03 bits per heavy atom. The lowest BCUT2D eigenvalue weighted by molar-refractivity contribution is -0.384. The smallest absolute Gasteiger partial charge is 0.269 e. The lowest BCUT2D eigenvalue weighted by Gasteiger charge is -2.10. The molecule has 3 aromatic heterocycles. The molecule has 1 atom stereocenters. The van der Waals surface area contributed by atoms with Crippen LogP contribution in [0.3, 0.4) is 0 Å². The monoisotopic (exact) mass is 454 g/mol. The van der Waals surface area contributed by atoms with Crippen LogP contribution in [0.5, 0.6) is 0 Å². The first-order chi connectivity index (χ1) is 15.1. The van der Waals surface area contributed by atoms with Crippen LogP contribution in [-0.4, -0.2) is 29.9 Å². The van der Waals surface area contributed by atoms with E-state index in [1.165, 1.54) is 17.0 Å². The van der Waals surface area contributed by atoms with Gasteiger partial charge in [-0.2, -0.15) is 0 Å². The molecule has 3 heterocycles. The molecule has 4 aromatic rings. The van der Waals surface area contributed by atoms with Crippen molar-refractivity contribution in [2.75, 3.05) is 0 Å². The van der Waals surface area contributed by atoms with E-state index >= 15 is 0 Å². The highest BCUT2D eigenvalue weighted by atomic mass is 32.2. The molecule has 5 rings (SSSR count). The number of rotatable bonds is 8. The Bertz CT molecular complexity index is 1200. The van der Waals surface area contributed by atoms with Gasteiger partial charge in [0.2, 0.25) is 11.8 Å². The van der Waals surface area contributed by atoms with Crippen molar-refractivity contribution in [1.29, 1.82) is 0 Å². The molecule has 9 nitrogen and oxygen atoms in total. The topological polar surface area (TPSA) is 113 Å². The fraction of sp³-hybridized carbons (Fsp3) is 0.300. The van der Waals surface area contributed by atoms with Crippen molar-refractivity contribution in [3.63, 3.8) is 0 Å². The first-order valence-electron chi connectivity index (χ1n) is 9.79. The maximum absolute atomic E-state index is 10.8. The number of nitrogens with zero attached hydrogens (tertiary/aromatic N) is 6. The quantitative estimate of drug-likeness (QED) is 0.206. The number of non-ortho nitro benzene ring substituents is 1. The van der Waals surface area contributed by atoms with Gasteiger partial charge in [0.25, 0.3) is 5.69 Å². The number of thiophene rings is 1. The van der Waals surface area contributed by atoms with Gasteiger partial charge in [0.15, 0.2) is 5.16 Å². The summed E-state index contributed by atoms with van der Waals surface area (Å²) in [5.41, 5.74) is 0.658. The van der Waals surface area contributed by atoms with Gasteiger partial charge < -0.3 is 8.98 Å². The van der Waals surface area contributed by atoms with Gasteiger partial charge in [-0.1, -0.05) is 17.8 Å². The van der Waals surface area contributed by atoms with Crippen LogP contribution in [0.1, 0.15) is 47.6 Å². The second-order valence-corrected chi connectivity index (χ2v) is 9.61. The summed E-state index contributed by atoms with van der Waals surface area (Å²) in [6.45, 7) is 1.99. The molecule has 0 spiro atoms. The van der Waals surface area contributed by atoms with Crippen molar-refractivity contribution >= 4 is 28.8 Å². The number of nitro benzene ring substituents is 1. The van der Waals surface area contributed by atoms with Gasteiger partial charge in [-0.3, -0.25) is 10.1 Å². The Kier molecular flexibility index (Phi) is 5.28. The van der Waals surface area contributed by atoms with E-state index in [9.17, 15) is 10.1 Å². The summed E-state index contributed by atoms with van der Waals surface area (Å²) < 4.78 is 8.09. The number of aromatic nitrogens is 5. The van der Waals surface area contributed by atoms with Crippen molar-refractivity contribution in [3.8, 4) is 11.5 Å². The van der Waals surface area contributed by atoms with Crippen LogP contribution in [0.2, 0.25) is 0 Å². The molecule has 1 aromatic carbocycles. The lowest BCUT2D eigenvalue weighted by atomic mass is 10.2. The Morgan fingerprint density at radius 1 is 1.23 bits per heavy atom. The third-order valence-corrected chi connectivity index (χ3v) is 6.88. The van der Waals surface area contributed by atoms with Gasteiger partial charge in [-0.25, -0.2) is 0 Å². The summed E-state index contributed by atoms with van der Waals surface area (Å²) in [5, 5.41) is 30.8. The molecular formula is C20H18N6O3S2. The van der Waals surface area contributed by atoms with Crippen LogP contribution in [0.15, 0.2) is 51.4 Å². The van der Waals surface area contributed by atoms with E-state index in [0.717, 1.165) is 30.2 Å². The number of hydrogen-bond acceptors (Lipinski definition) is 9. The zero-order chi connectivity index (χ0) is 21.4. The van der Waals surface area contributed by atoms with Crippen molar-refractivity contribution in [2.24, 2.45) is 0 Å². The second kappa shape index (κ2) is 8.23. The normalized spacial score (nSPS) is 14.6. The summed E-state index contributed by atoms with van der Waals surface area (Å²) in [7, 11) is 0. The largest absolute Gasteiger partial charge is 0.419 e. The second-order valence-electron chi connectivity index (χ2n) is 7.27. The highest BCUT2D eigenvalue weighted by Gasteiger charge is 2.31. The van der Waals surface area contributed by atoms with Gasteiger partial charge in [0, 0.05) is 35.0 Å². The summed E-state index contributed by atoms with van der Waals surface area (Å²) in [6, 6.07) is 10.7. The van der Waals surface area contributed by atoms with Gasteiger partial charge in [-0.15, -0.1) is 31.7 Å². The Morgan fingerprint density at radius 3 is 2.71 bits per heavy atom. The van der Waals surface area contributed by atoms with Gasteiger partial charge >= 0.3 is 0 Å². The number of hydrogen-bond donors (Lipinski definition) is 0.